The maximum atomic E-state index is 14.0. The summed E-state index contributed by atoms with van der Waals surface area (Å²) in [7, 11) is 0. The number of amides is 3. The fourth-order valence-electron chi connectivity index (χ4n) is 3.70. The van der Waals surface area contributed by atoms with Gasteiger partial charge in [0.1, 0.15) is 11.4 Å². The second-order valence-corrected chi connectivity index (χ2v) is 9.40. The van der Waals surface area contributed by atoms with Crippen LogP contribution in [-0.4, -0.2) is 45.8 Å². The molecule has 0 unspecified atom stereocenters. The Hall–Kier alpha value is -4.52. The van der Waals surface area contributed by atoms with E-state index in [1.807, 2.05) is 13.0 Å². The lowest BCUT2D eigenvalue weighted by Gasteiger charge is -2.28. The summed E-state index contributed by atoms with van der Waals surface area (Å²) >= 11 is 0. The molecule has 10 heteroatoms. The van der Waals surface area contributed by atoms with Crippen molar-refractivity contribution < 1.29 is 31.9 Å². The first-order chi connectivity index (χ1) is 18.6. The van der Waals surface area contributed by atoms with Crippen LogP contribution in [-0.2, 0) is 11.3 Å². The molecule has 1 aliphatic rings. The van der Waals surface area contributed by atoms with Gasteiger partial charge in [-0.15, -0.1) is 0 Å². The highest BCUT2D eigenvalue weighted by atomic mass is 19.4. The molecule has 6 nitrogen and oxygen atoms in total. The van der Waals surface area contributed by atoms with Crippen LogP contribution in [0.4, 0.5) is 22.4 Å². The van der Waals surface area contributed by atoms with Gasteiger partial charge in [-0.1, -0.05) is 67.3 Å². The summed E-state index contributed by atoms with van der Waals surface area (Å²) in [4.78, 5) is 41.5. The van der Waals surface area contributed by atoms with E-state index < -0.39 is 29.1 Å². The van der Waals surface area contributed by atoms with Gasteiger partial charge in [-0.3, -0.25) is 14.5 Å². The van der Waals surface area contributed by atoms with Crippen molar-refractivity contribution in [1.82, 2.24) is 9.80 Å². The van der Waals surface area contributed by atoms with Crippen molar-refractivity contribution in [1.29, 1.82) is 5.26 Å². The van der Waals surface area contributed by atoms with Gasteiger partial charge in [-0.05, 0) is 38.5 Å². The Morgan fingerprint density at radius 1 is 1.10 bits per heavy atom. The summed E-state index contributed by atoms with van der Waals surface area (Å²) in [5.74, 6) is -1.29. The lowest BCUT2D eigenvalue weighted by Crippen LogP contribution is -2.43. The summed E-state index contributed by atoms with van der Waals surface area (Å²) in [6, 6.07) is 12.3. The van der Waals surface area contributed by atoms with Crippen molar-refractivity contribution >= 4 is 17.7 Å². The van der Waals surface area contributed by atoms with Gasteiger partial charge in [-0.2, -0.15) is 18.4 Å². The molecule has 0 radical (unpaired) electrons. The SMILES string of the molecule is C=CC(=C)C(F)(F)F.Cc1ccc(C(=O)c2cc(F)ccc2CN2C(=O)N(C/C=C\CC#N)C(=O)C2(C)C)cc1. The number of hydrogen-bond donors (Lipinski definition) is 0. The number of hydrogen-bond acceptors (Lipinski definition) is 4. The Kier molecular flexibility index (Phi) is 10.3. The van der Waals surface area contributed by atoms with Gasteiger partial charge < -0.3 is 4.90 Å². The third-order valence-electron chi connectivity index (χ3n) is 6.14. The number of carbonyl (C=O) groups is 3. The molecule has 210 valence electrons. The van der Waals surface area contributed by atoms with Crippen LogP contribution < -0.4 is 0 Å². The number of urea groups is 1. The number of nitriles is 1. The number of halogens is 4. The quantitative estimate of drug-likeness (QED) is 0.120. The third-order valence-corrected chi connectivity index (χ3v) is 6.14. The van der Waals surface area contributed by atoms with Crippen LogP contribution in [0.5, 0.6) is 0 Å². The summed E-state index contributed by atoms with van der Waals surface area (Å²) in [5.41, 5.74) is -0.0379. The largest absolute Gasteiger partial charge is 0.415 e. The normalized spacial score (nSPS) is 14.6. The molecule has 3 rings (SSSR count). The molecule has 2 aromatic rings. The summed E-state index contributed by atoms with van der Waals surface area (Å²) in [6.07, 6.45) is -0.248. The van der Waals surface area contributed by atoms with Gasteiger partial charge in [0.05, 0.1) is 12.5 Å². The number of carbonyl (C=O) groups excluding carboxylic acids is 3. The van der Waals surface area contributed by atoms with Crippen LogP contribution in [0.15, 0.2) is 79.4 Å². The number of aryl methyl sites for hydroxylation is 1. The topological polar surface area (TPSA) is 81.5 Å². The molecular formula is C30H29F4N3O3. The molecule has 1 fully saturated rings. The zero-order valence-electron chi connectivity index (χ0n) is 22.4. The van der Waals surface area contributed by atoms with Crippen molar-refractivity contribution in [3.8, 4) is 6.07 Å². The Balaban J connectivity index is 0.000000611. The Bertz CT molecular complexity index is 1370. The highest BCUT2D eigenvalue weighted by Gasteiger charge is 2.50. The van der Waals surface area contributed by atoms with Crippen molar-refractivity contribution in [2.24, 2.45) is 0 Å². The van der Waals surface area contributed by atoms with E-state index in [4.69, 9.17) is 5.26 Å². The molecule has 0 saturated carbocycles. The van der Waals surface area contributed by atoms with E-state index in [9.17, 15) is 31.9 Å². The van der Waals surface area contributed by atoms with E-state index in [0.717, 1.165) is 16.5 Å². The molecule has 3 amide bonds. The molecule has 0 aromatic heterocycles. The van der Waals surface area contributed by atoms with Gasteiger partial charge in [-0.25, -0.2) is 9.18 Å². The monoisotopic (exact) mass is 555 g/mol. The van der Waals surface area contributed by atoms with E-state index in [1.54, 1.807) is 50.3 Å². The maximum Gasteiger partial charge on any atom is 0.415 e. The fraction of sp³-hybridized carbons (Fsp3) is 0.267. The van der Waals surface area contributed by atoms with Crippen molar-refractivity contribution in [3.63, 3.8) is 0 Å². The predicted octanol–water partition coefficient (Wildman–Crippen LogP) is 6.67. The van der Waals surface area contributed by atoms with E-state index >= 15 is 0 Å². The van der Waals surface area contributed by atoms with Gasteiger partial charge in [0.2, 0.25) is 0 Å². The molecule has 0 N–H and O–H groups in total. The minimum Gasteiger partial charge on any atom is -0.306 e. The number of rotatable bonds is 8. The van der Waals surface area contributed by atoms with Gasteiger partial charge in [0.25, 0.3) is 5.91 Å². The molecule has 0 atom stereocenters. The van der Waals surface area contributed by atoms with Crippen molar-refractivity contribution in [2.75, 3.05) is 6.54 Å². The minimum absolute atomic E-state index is 0.0246. The Morgan fingerprint density at radius 2 is 1.73 bits per heavy atom. The maximum absolute atomic E-state index is 14.0. The highest BCUT2D eigenvalue weighted by molar-refractivity contribution is 6.10. The summed E-state index contributed by atoms with van der Waals surface area (Å²) in [6.45, 7) is 10.8. The van der Waals surface area contributed by atoms with Crippen molar-refractivity contribution in [3.05, 3.63) is 107 Å². The van der Waals surface area contributed by atoms with Crippen LogP contribution in [0.25, 0.3) is 0 Å². The number of imide groups is 1. The van der Waals surface area contributed by atoms with Crippen LogP contribution in [0, 0.1) is 24.1 Å². The second kappa shape index (κ2) is 13.0. The molecular weight excluding hydrogens is 526 g/mol. The second-order valence-electron chi connectivity index (χ2n) is 9.40. The van der Waals surface area contributed by atoms with E-state index in [-0.39, 0.29) is 36.8 Å². The van der Waals surface area contributed by atoms with Crippen LogP contribution in [0.3, 0.4) is 0 Å². The standard InChI is InChI=1S/C25H24FN3O3.C5H5F3/c1-17-7-9-18(10-8-17)22(30)21-15-20(26)12-11-19(21)16-29-24(32)28(14-6-4-5-13-27)23(31)25(29,2)3;1-3-4(2)5(6,7)8/h4,6-12,15H,5,14,16H2,1-3H3;3H,1-2H2/b6-4-;. The first-order valence-corrected chi connectivity index (χ1v) is 12.1. The molecule has 0 aliphatic carbocycles. The van der Waals surface area contributed by atoms with E-state index in [1.165, 1.54) is 17.0 Å². The first kappa shape index (κ1) is 31.7. The minimum atomic E-state index is -4.30. The molecule has 2 aromatic carbocycles. The predicted molar refractivity (Wildman–Crippen MR) is 143 cm³/mol. The number of alkyl halides is 3. The fourth-order valence-corrected chi connectivity index (χ4v) is 3.70. The summed E-state index contributed by atoms with van der Waals surface area (Å²) < 4.78 is 47.9. The first-order valence-electron chi connectivity index (χ1n) is 12.1. The average Bonchev–Trinajstić information content (AvgIpc) is 3.06. The van der Waals surface area contributed by atoms with Gasteiger partial charge in [0.15, 0.2) is 5.78 Å². The van der Waals surface area contributed by atoms with E-state index in [0.29, 0.717) is 17.2 Å². The number of benzene rings is 2. The van der Waals surface area contributed by atoms with Gasteiger partial charge in [0, 0.05) is 29.8 Å². The smallest absolute Gasteiger partial charge is 0.306 e. The third kappa shape index (κ3) is 7.53. The molecule has 1 heterocycles. The Morgan fingerprint density at radius 3 is 2.25 bits per heavy atom. The van der Waals surface area contributed by atoms with Crippen LogP contribution in [0.1, 0.15) is 47.3 Å². The van der Waals surface area contributed by atoms with Crippen LogP contribution in [0.2, 0.25) is 0 Å². The van der Waals surface area contributed by atoms with Crippen molar-refractivity contribution in [2.45, 2.75) is 45.5 Å². The number of nitrogens with zero attached hydrogens (tertiary/aromatic N) is 3. The lowest BCUT2D eigenvalue weighted by atomic mass is 9.96. The zero-order valence-corrected chi connectivity index (χ0v) is 22.4. The van der Waals surface area contributed by atoms with Crippen LogP contribution >= 0.6 is 0 Å². The zero-order chi connectivity index (χ0) is 30.3. The average molecular weight is 556 g/mol. The molecule has 1 aliphatic heterocycles. The Labute approximate surface area is 230 Å². The summed E-state index contributed by atoms with van der Waals surface area (Å²) in [5, 5.41) is 8.63. The number of allylic oxidation sites excluding steroid dienone is 3. The molecule has 0 spiro atoms. The van der Waals surface area contributed by atoms with E-state index in [2.05, 4.69) is 13.2 Å². The van der Waals surface area contributed by atoms with Gasteiger partial charge >= 0.3 is 12.2 Å². The molecule has 40 heavy (non-hydrogen) atoms. The molecule has 0 bridgehead atoms. The number of ketones is 1. The molecule has 1 saturated heterocycles. The highest BCUT2D eigenvalue weighted by Crippen LogP contribution is 2.31. The lowest BCUT2D eigenvalue weighted by molar-refractivity contribution is -0.131.